The summed E-state index contributed by atoms with van der Waals surface area (Å²) in [5.74, 6) is -0.366. The number of carbonyl (C=O) groups excluding carboxylic acids is 1. The van der Waals surface area contributed by atoms with Gasteiger partial charge in [-0.25, -0.2) is 4.98 Å². The van der Waals surface area contributed by atoms with Crippen LogP contribution in [-0.4, -0.2) is 36.1 Å². The van der Waals surface area contributed by atoms with E-state index in [4.69, 9.17) is 17.3 Å². The fourth-order valence-corrected chi connectivity index (χ4v) is 3.75. The normalized spacial score (nSPS) is 21.6. The zero-order chi connectivity index (χ0) is 16.6. The minimum absolute atomic E-state index is 0.158. The van der Waals surface area contributed by atoms with Crippen LogP contribution in [0.5, 0.6) is 0 Å². The van der Waals surface area contributed by atoms with Gasteiger partial charge in [-0.2, -0.15) is 0 Å². The van der Waals surface area contributed by atoms with Crippen molar-refractivity contribution in [2.24, 2.45) is 5.73 Å². The van der Waals surface area contributed by atoms with Crippen LogP contribution in [0.2, 0.25) is 5.15 Å². The third-order valence-corrected chi connectivity index (χ3v) is 4.42. The Morgan fingerprint density at radius 2 is 2.00 bits per heavy atom. The molecule has 1 amide bonds. The van der Waals surface area contributed by atoms with Crippen LogP contribution in [-0.2, 0) is 11.2 Å². The van der Waals surface area contributed by atoms with Crippen molar-refractivity contribution in [3.8, 4) is 0 Å². The first-order chi connectivity index (χ1) is 11.0. The van der Waals surface area contributed by atoms with Crippen LogP contribution in [0.15, 0.2) is 24.3 Å². The Bertz CT molecular complexity index is 739. The number of benzene rings is 1. The number of piperazine rings is 1. The lowest BCUT2D eigenvalue weighted by Gasteiger charge is -2.39. The van der Waals surface area contributed by atoms with Crippen LogP contribution in [0.3, 0.4) is 0 Å². The Labute approximate surface area is 140 Å². The van der Waals surface area contributed by atoms with E-state index in [1.165, 1.54) is 0 Å². The predicted molar refractivity (Wildman–Crippen MR) is 93.9 cm³/mol. The molecule has 1 saturated heterocycles. The van der Waals surface area contributed by atoms with Gasteiger partial charge in [0.15, 0.2) is 5.15 Å². The number of halogens is 1. The second-order valence-corrected chi connectivity index (χ2v) is 6.62. The van der Waals surface area contributed by atoms with E-state index in [2.05, 4.69) is 29.0 Å². The highest BCUT2D eigenvalue weighted by Crippen LogP contribution is 2.35. The number of nitrogens with one attached hydrogen (secondary N) is 1. The minimum atomic E-state index is -0.366. The number of carbonyl (C=O) groups is 1. The molecule has 1 aliphatic heterocycles. The van der Waals surface area contributed by atoms with Crippen molar-refractivity contribution in [1.82, 2.24) is 10.3 Å². The van der Waals surface area contributed by atoms with Crippen molar-refractivity contribution in [2.45, 2.75) is 32.4 Å². The number of nitrogens with two attached hydrogens (primary N) is 1. The molecule has 1 aromatic carbocycles. The second kappa shape index (κ2) is 6.34. The van der Waals surface area contributed by atoms with Crippen molar-refractivity contribution < 1.29 is 4.79 Å². The third kappa shape index (κ3) is 3.26. The molecule has 23 heavy (non-hydrogen) atoms. The Kier molecular flexibility index (Phi) is 4.41. The van der Waals surface area contributed by atoms with E-state index in [0.717, 1.165) is 35.2 Å². The minimum Gasteiger partial charge on any atom is -0.369 e. The van der Waals surface area contributed by atoms with E-state index in [1.807, 2.05) is 24.3 Å². The van der Waals surface area contributed by atoms with Crippen LogP contribution >= 0.6 is 11.6 Å². The van der Waals surface area contributed by atoms with Gasteiger partial charge >= 0.3 is 0 Å². The van der Waals surface area contributed by atoms with Crippen LogP contribution in [0.4, 0.5) is 5.69 Å². The number of nitrogens with zero attached hydrogens (tertiary/aromatic N) is 2. The molecular formula is C17H21ClN4O. The molecule has 2 heterocycles. The number of hydrogen-bond acceptors (Lipinski definition) is 4. The maximum atomic E-state index is 11.6. The first-order valence-corrected chi connectivity index (χ1v) is 8.20. The molecule has 2 atom stereocenters. The highest BCUT2D eigenvalue weighted by atomic mass is 35.5. The molecule has 6 heteroatoms. The van der Waals surface area contributed by atoms with Gasteiger partial charge in [-0.3, -0.25) is 4.79 Å². The molecular weight excluding hydrogens is 312 g/mol. The van der Waals surface area contributed by atoms with E-state index < -0.39 is 0 Å². The van der Waals surface area contributed by atoms with Gasteiger partial charge in [0.05, 0.1) is 17.6 Å². The summed E-state index contributed by atoms with van der Waals surface area (Å²) < 4.78 is 0. The van der Waals surface area contributed by atoms with E-state index in [0.29, 0.717) is 17.2 Å². The molecule has 2 aromatic rings. The number of para-hydroxylation sites is 1. The fourth-order valence-electron chi connectivity index (χ4n) is 3.42. The van der Waals surface area contributed by atoms with E-state index in [9.17, 15) is 4.79 Å². The van der Waals surface area contributed by atoms with Gasteiger partial charge in [-0.1, -0.05) is 29.8 Å². The fraction of sp³-hybridized carbons (Fsp3) is 0.412. The Morgan fingerprint density at radius 1 is 1.35 bits per heavy atom. The van der Waals surface area contributed by atoms with Gasteiger partial charge < -0.3 is 16.0 Å². The van der Waals surface area contributed by atoms with Crippen LogP contribution in [0.25, 0.3) is 10.9 Å². The molecule has 2 unspecified atom stereocenters. The average Bonchev–Trinajstić information content (AvgIpc) is 2.45. The summed E-state index contributed by atoms with van der Waals surface area (Å²) in [6.07, 6.45) is 0.158. The number of hydrogen-bond donors (Lipinski definition) is 2. The molecule has 1 fully saturated rings. The lowest BCUT2D eigenvalue weighted by atomic mass is 10.0. The first kappa shape index (κ1) is 16.0. The van der Waals surface area contributed by atoms with Gasteiger partial charge in [0.2, 0.25) is 5.91 Å². The number of amides is 1. The van der Waals surface area contributed by atoms with E-state index >= 15 is 0 Å². The lowest BCUT2D eigenvalue weighted by molar-refractivity contribution is -0.117. The number of fused-ring (bicyclic) bond motifs is 1. The molecule has 0 spiro atoms. The number of aromatic nitrogens is 1. The number of pyridine rings is 1. The zero-order valence-corrected chi connectivity index (χ0v) is 14.1. The summed E-state index contributed by atoms with van der Waals surface area (Å²) in [5.41, 5.74) is 7.98. The summed E-state index contributed by atoms with van der Waals surface area (Å²) in [5, 5.41) is 4.87. The molecule has 3 N–H and O–H groups in total. The molecule has 122 valence electrons. The molecule has 3 rings (SSSR count). The van der Waals surface area contributed by atoms with Crippen LogP contribution in [0, 0.1) is 0 Å². The second-order valence-electron chi connectivity index (χ2n) is 6.26. The summed E-state index contributed by atoms with van der Waals surface area (Å²) >= 11 is 6.50. The Morgan fingerprint density at radius 3 is 2.65 bits per heavy atom. The molecule has 0 bridgehead atoms. The first-order valence-electron chi connectivity index (χ1n) is 7.82. The average molecular weight is 333 g/mol. The third-order valence-electron chi connectivity index (χ3n) is 4.15. The smallest absolute Gasteiger partial charge is 0.221 e. The number of primary amides is 1. The molecule has 0 saturated carbocycles. The van der Waals surface area contributed by atoms with Gasteiger partial charge in [0.1, 0.15) is 0 Å². The van der Waals surface area contributed by atoms with Crippen molar-refractivity contribution in [3.63, 3.8) is 0 Å². The van der Waals surface area contributed by atoms with Crippen molar-refractivity contribution in [1.29, 1.82) is 0 Å². The summed E-state index contributed by atoms with van der Waals surface area (Å²) in [7, 11) is 0. The van der Waals surface area contributed by atoms with E-state index in [-0.39, 0.29) is 12.3 Å². The highest BCUT2D eigenvalue weighted by Gasteiger charge is 2.26. The van der Waals surface area contributed by atoms with Crippen LogP contribution in [0.1, 0.15) is 19.4 Å². The molecule has 0 radical (unpaired) electrons. The zero-order valence-electron chi connectivity index (χ0n) is 13.3. The highest BCUT2D eigenvalue weighted by molar-refractivity contribution is 6.33. The molecule has 0 aliphatic carbocycles. The van der Waals surface area contributed by atoms with Gasteiger partial charge in [0, 0.05) is 30.6 Å². The van der Waals surface area contributed by atoms with Crippen LogP contribution < -0.4 is 16.0 Å². The quantitative estimate of drug-likeness (QED) is 0.844. The van der Waals surface area contributed by atoms with Gasteiger partial charge in [-0.05, 0) is 25.5 Å². The Hall–Kier alpha value is -1.85. The van der Waals surface area contributed by atoms with Crippen molar-refractivity contribution in [2.75, 3.05) is 18.0 Å². The summed E-state index contributed by atoms with van der Waals surface area (Å²) in [6, 6.07) is 8.39. The summed E-state index contributed by atoms with van der Waals surface area (Å²) in [6.45, 7) is 5.91. The summed E-state index contributed by atoms with van der Waals surface area (Å²) in [4.78, 5) is 18.3. The maximum absolute atomic E-state index is 11.6. The largest absolute Gasteiger partial charge is 0.369 e. The van der Waals surface area contributed by atoms with Crippen molar-refractivity contribution in [3.05, 3.63) is 35.0 Å². The van der Waals surface area contributed by atoms with Gasteiger partial charge in [-0.15, -0.1) is 0 Å². The van der Waals surface area contributed by atoms with Crippen molar-refractivity contribution >= 4 is 34.1 Å². The maximum Gasteiger partial charge on any atom is 0.221 e. The predicted octanol–water partition coefficient (Wildman–Crippen LogP) is 2.10. The SMILES string of the molecule is CC1CN(c2c(Cl)nc3ccccc3c2CC(N)=O)CC(C)N1. The number of anilines is 1. The topological polar surface area (TPSA) is 71.2 Å². The number of rotatable bonds is 3. The molecule has 1 aliphatic rings. The van der Waals surface area contributed by atoms with E-state index in [1.54, 1.807) is 0 Å². The molecule has 5 nitrogen and oxygen atoms in total. The molecule has 1 aromatic heterocycles. The van der Waals surface area contributed by atoms with Gasteiger partial charge in [0.25, 0.3) is 0 Å². The standard InChI is InChI=1S/C17H21ClN4O/c1-10-8-22(9-11(2)20-10)16-13(7-15(19)23)12-5-3-4-6-14(12)21-17(16)18/h3-6,10-11,20H,7-9H2,1-2H3,(H2,19,23). The lowest BCUT2D eigenvalue weighted by Crippen LogP contribution is -2.54. The monoisotopic (exact) mass is 332 g/mol. The Balaban J connectivity index is 2.17.